The average Bonchev–Trinajstić information content (AvgIpc) is 2.64. The Morgan fingerprint density at radius 2 is 1.57 bits per heavy atom. The molecular weight excluding hydrogens is 436 g/mol. The first kappa shape index (κ1) is 23.3. The van der Waals surface area contributed by atoms with Crippen molar-refractivity contribution in [1.82, 2.24) is 15.6 Å². The van der Waals surface area contributed by atoms with E-state index in [1.54, 1.807) is 20.8 Å². The summed E-state index contributed by atoms with van der Waals surface area (Å²) in [6.07, 6.45) is 0. The van der Waals surface area contributed by atoms with Gasteiger partial charge in [0, 0.05) is 28.8 Å². The molecular formula is C18H19ClN4O6S. The van der Waals surface area contributed by atoms with E-state index in [0.29, 0.717) is 0 Å². The number of amides is 2. The molecule has 30 heavy (non-hydrogen) atoms. The van der Waals surface area contributed by atoms with E-state index in [1.165, 1.54) is 30.3 Å². The molecule has 0 aliphatic rings. The topological polar surface area (TPSA) is 148 Å². The lowest BCUT2D eigenvalue weighted by Crippen LogP contribution is -2.42. The summed E-state index contributed by atoms with van der Waals surface area (Å²) in [5.74, 6) is -1.60. The highest BCUT2D eigenvalue weighted by Crippen LogP contribution is 2.24. The Morgan fingerprint density at radius 1 is 1.00 bits per heavy atom. The van der Waals surface area contributed by atoms with Crippen LogP contribution in [0.4, 0.5) is 5.69 Å². The number of non-ortho nitro benzene ring substituents is 1. The molecule has 0 fully saturated rings. The maximum atomic E-state index is 12.5. The predicted octanol–water partition coefficient (Wildman–Crippen LogP) is 2.40. The van der Waals surface area contributed by atoms with Crippen LogP contribution in [0.1, 0.15) is 41.5 Å². The Hall–Kier alpha value is -3.02. The van der Waals surface area contributed by atoms with Gasteiger partial charge in [-0.2, -0.15) is 0 Å². The molecule has 2 amide bonds. The summed E-state index contributed by atoms with van der Waals surface area (Å²) in [5, 5.41) is 10.7. The molecule has 160 valence electrons. The van der Waals surface area contributed by atoms with Crippen LogP contribution in [0, 0.1) is 10.1 Å². The zero-order chi connectivity index (χ0) is 22.7. The van der Waals surface area contributed by atoms with Gasteiger partial charge in [-0.1, -0.05) is 17.7 Å². The molecule has 0 saturated carbocycles. The number of halogens is 1. The van der Waals surface area contributed by atoms with Gasteiger partial charge in [-0.05, 0) is 45.0 Å². The molecule has 0 aliphatic heterocycles. The van der Waals surface area contributed by atoms with Gasteiger partial charge in [0.05, 0.1) is 9.95 Å². The van der Waals surface area contributed by atoms with Crippen LogP contribution in [0.3, 0.4) is 0 Å². The Labute approximate surface area is 177 Å². The molecule has 0 aromatic heterocycles. The number of nitro benzene ring substituents is 1. The largest absolute Gasteiger partial charge is 0.270 e. The summed E-state index contributed by atoms with van der Waals surface area (Å²) in [6, 6.07) is 8.53. The quantitative estimate of drug-likeness (QED) is 0.466. The van der Waals surface area contributed by atoms with Crippen LogP contribution >= 0.6 is 11.6 Å². The molecule has 2 aromatic rings. The highest BCUT2D eigenvalue weighted by atomic mass is 35.5. The summed E-state index contributed by atoms with van der Waals surface area (Å²) in [4.78, 5) is 34.3. The lowest BCUT2D eigenvalue weighted by Gasteiger charge is -2.21. The van der Waals surface area contributed by atoms with Crippen molar-refractivity contribution >= 4 is 39.1 Å². The monoisotopic (exact) mass is 454 g/mol. The Kier molecular flexibility index (Phi) is 6.80. The van der Waals surface area contributed by atoms with Crippen molar-refractivity contribution in [1.29, 1.82) is 0 Å². The SMILES string of the molecule is CC(C)(C)NS(=O)(=O)c1cc(C(=O)NNC(=O)c2cccc([N+](=O)[O-])c2)ccc1Cl. The minimum absolute atomic E-state index is 0.0433. The second kappa shape index (κ2) is 8.78. The number of benzene rings is 2. The van der Waals surface area contributed by atoms with E-state index in [-0.39, 0.29) is 26.7 Å². The van der Waals surface area contributed by atoms with Crippen LogP contribution < -0.4 is 15.6 Å². The van der Waals surface area contributed by atoms with E-state index >= 15 is 0 Å². The number of hydrogen-bond acceptors (Lipinski definition) is 6. The fourth-order valence-corrected chi connectivity index (χ4v) is 4.27. The van der Waals surface area contributed by atoms with Gasteiger partial charge in [0.2, 0.25) is 10.0 Å². The van der Waals surface area contributed by atoms with Gasteiger partial charge in [0.15, 0.2) is 0 Å². The zero-order valence-electron chi connectivity index (χ0n) is 16.2. The lowest BCUT2D eigenvalue weighted by molar-refractivity contribution is -0.384. The predicted molar refractivity (Wildman–Crippen MR) is 110 cm³/mol. The van der Waals surface area contributed by atoms with Gasteiger partial charge < -0.3 is 0 Å². The maximum Gasteiger partial charge on any atom is 0.270 e. The standard InChI is InChI=1S/C18H19ClN4O6S/c1-18(2,3)22-30(28,29)15-10-12(7-8-14(15)19)17(25)21-20-16(24)11-5-4-6-13(9-11)23(26)27/h4-10,22H,1-3H3,(H,20,24)(H,21,25). The van der Waals surface area contributed by atoms with Crippen molar-refractivity contribution in [3.05, 3.63) is 68.7 Å². The number of hydrazine groups is 1. The first-order chi connectivity index (χ1) is 13.8. The molecule has 0 bridgehead atoms. The molecule has 0 unspecified atom stereocenters. The molecule has 0 radical (unpaired) electrons. The van der Waals surface area contributed by atoms with Gasteiger partial charge in [-0.3, -0.25) is 30.6 Å². The lowest BCUT2D eigenvalue weighted by atomic mass is 10.1. The first-order valence-corrected chi connectivity index (χ1v) is 10.3. The van der Waals surface area contributed by atoms with E-state index in [2.05, 4.69) is 15.6 Å². The van der Waals surface area contributed by atoms with Crippen LogP contribution in [0.2, 0.25) is 5.02 Å². The number of sulfonamides is 1. The summed E-state index contributed by atoms with van der Waals surface area (Å²) >= 11 is 5.99. The fourth-order valence-electron chi connectivity index (χ4n) is 2.33. The molecule has 2 rings (SSSR count). The smallest absolute Gasteiger partial charge is 0.267 e. The first-order valence-electron chi connectivity index (χ1n) is 8.49. The van der Waals surface area contributed by atoms with Crippen LogP contribution in [-0.2, 0) is 10.0 Å². The van der Waals surface area contributed by atoms with E-state index in [1.807, 2.05) is 0 Å². The number of rotatable bonds is 5. The van der Waals surface area contributed by atoms with Gasteiger partial charge in [0.25, 0.3) is 17.5 Å². The molecule has 0 atom stereocenters. The maximum absolute atomic E-state index is 12.5. The third-order valence-electron chi connectivity index (χ3n) is 3.53. The second-order valence-electron chi connectivity index (χ2n) is 7.22. The van der Waals surface area contributed by atoms with Crippen LogP contribution in [-0.4, -0.2) is 30.7 Å². The molecule has 3 N–H and O–H groups in total. The number of hydrogen-bond donors (Lipinski definition) is 3. The van der Waals surface area contributed by atoms with E-state index in [9.17, 15) is 28.1 Å². The number of nitrogens with one attached hydrogen (secondary N) is 3. The average molecular weight is 455 g/mol. The fraction of sp³-hybridized carbons (Fsp3) is 0.222. The van der Waals surface area contributed by atoms with Crippen molar-refractivity contribution in [3.8, 4) is 0 Å². The van der Waals surface area contributed by atoms with E-state index in [4.69, 9.17) is 11.6 Å². The highest BCUT2D eigenvalue weighted by Gasteiger charge is 2.25. The number of carbonyl (C=O) groups excluding carboxylic acids is 2. The minimum atomic E-state index is -4.00. The Bertz CT molecular complexity index is 1110. The zero-order valence-corrected chi connectivity index (χ0v) is 17.8. The highest BCUT2D eigenvalue weighted by molar-refractivity contribution is 7.89. The van der Waals surface area contributed by atoms with E-state index in [0.717, 1.165) is 12.1 Å². The second-order valence-corrected chi connectivity index (χ2v) is 9.27. The summed E-state index contributed by atoms with van der Waals surface area (Å²) < 4.78 is 27.5. The summed E-state index contributed by atoms with van der Waals surface area (Å²) in [7, 11) is -4.00. The number of nitro groups is 1. The Balaban J connectivity index is 2.17. The molecule has 0 heterocycles. The molecule has 0 aliphatic carbocycles. The van der Waals surface area contributed by atoms with Crippen molar-refractivity contribution in [2.75, 3.05) is 0 Å². The van der Waals surface area contributed by atoms with Crippen molar-refractivity contribution in [2.45, 2.75) is 31.2 Å². The van der Waals surface area contributed by atoms with Crippen molar-refractivity contribution in [2.24, 2.45) is 0 Å². The minimum Gasteiger partial charge on any atom is -0.267 e. The summed E-state index contributed by atoms with van der Waals surface area (Å²) in [6.45, 7) is 4.95. The van der Waals surface area contributed by atoms with Gasteiger partial charge in [0.1, 0.15) is 4.90 Å². The third kappa shape index (κ3) is 5.99. The molecule has 12 heteroatoms. The molecule has 0 spiro atoms. The van der Waals surface area contributed by atoms with Gasteiger partial charge >= 0.3 is 0 Å². The Morgan fingerprint density at radius 3 is 2.10 bits per heavy atom. The van der Waals surface area contributed by atoms with Gasteiger partial charge in [-0.25, -0.2) is 13.1 Å². The molecule has 10 nitrogen and oxygen atoms in total. The van der Waals surface area contributed by atoms with Crippen molar-refractivity contribution in [3.63, 3.8) is 0 Å². The number of nitrogens with zero attached hydrogens (tertiary/aromatic N) is 1. The van der Waals surface area contributed by atoms with E-state index < -0.39 is 32.3 Å². The normalized spacial score (nSPS) is 11.6. The third-order valence-corrected chi connectivity index (χ3v) is 5.77. The molecule has 0 saturated heterocycles. The van der Waals surface area contributed by atoms with Crippen LogP contribution in [0.5, 0.6) is 0 Å². The summed E-state index contributed by atoms with van der Waals surface area (Å²) in [5.41, 5.74) is 3.07. The van der Waals surface area contributed by atoms with Gasteiger partial charge in [-0.15, -0.1) is 0 Å². The van der Waals surface area contributed by atoms with Crippen molar-refractivity contribution < 1.29 is 22.9 Å². The van der Waals surface area contributed by atoms with Crippen LogP contribution in [0.15, 0.2) is 47.4 Å². The van der Waals surface area contributed by atoms with Crippen LogP contribution in [0.25, 0.3) is 0 Å². The number of carbonyl (C=O) groups is 2. The molecule has 2 aromatic carbocycles.